The van der Waals surface area contributed by atoms with Crippen LogP contribution in [0.2, 0.25) is 0 Å². The molecular formula is C28H36N6O4. The lowest BCUT2D eigenvalue weighted by atomic mass is 9.82. The number of pyridine rings is 2. The molecule has 10 nitrogen and oxygen atoms in total. The number of carbonyl (C=O) groups is 1. The third kappa shape index (κ3) is 4.82. The second kappa shape index (κ2) is 10.5. The van der Waals surface area contributed by atoms with E-state index in [4.69, 9.17) is 14.6 Å². The molecule has 2 saturated heterocycles. The molecule has 3 aliphatic rings. The number of fused-ring (bicyclic) bond motifs is 1. The molecule has 202 valence electrons. The Hall–Kier alpha value is -3.24. The SMILES string of the molecule is CC(C)Oc1cccc(-n2nc(C3CCC3)c3c(N4CCC(N5CCOCC5)CC4)cc(C(=O)O)nc32)n1. The lowest BCUT2D eigenvalue weighted by molar-refractivity contribution is 0.0115. The largest absolute Gasteiger partial charge is 0.477 e. The van der Waals surface area contributed by atoms with E-state index in [9.17, 15) is 9.90 Å². The van der Waals surface area contributed by atoms with Crippen molar-refractivity contribution in [3.8, 4) is 11.7 Å². The van der Waals surface area contributed by atoms with Crippen LogP contribution in [-0.2, 0) is 4.74 Å². The molecule has 3 aromatic heterocycles. The van der Waals surface area contributed by atoms with E-state index in [1.165, 1.54) is 6.42 Å². The summed E-state index contributed by atoms with van der Waals surface area (Å²) in [7, 11) is 0. The number of carboxylic acids is 1. The first-order valence-electron chi connectivity index (χ1n) is 13.9. The highest BCUT2D eigenvalue weighted by atomic mass is 16.5. The first kappa shape index (κ1) is 25.1. The number of anilines is 1. The van der Waals surface area contributed by atoms with Crippen molar-refractivity contribution in [2.75, 3.05) is 44.3 Å². The summed E-state index contributed by atoms with van der Waals surface area (Å²) in [5, 5.41) is 16.0. The molecule has 38 heavy (non-hydrogen) atoms. The number of aromatic carboxylic acids is 1. The van der Waals surface area contributed by atoms with Crippen LogP contribution in [0.15, 0.2) is 24.3 Å². The Morgan fingerprint density at radius 3 is 2.50 bits per heavy atom. The van der Waals surface area contributed by atoms with Crippen molar-refractivity contribution in [2.24, 2.45) is 0 Å². The fourth-order valence-electron chi connectivity index (χ4n) is 5.85. The van der Waals surface area contributed by atoms with Crippen LogP contribution in [0.1, 0.15) is 68.1 Å². The van der Waals surface area contributed by atoms with Gasteiger partial charge < -0.3 is 19.5 Å². The molecule has 1 saturated carbocycles. The zero-order chi connectivity index (χ0) is 26.2. The van der Waals surface area contributed by atoms with Crippen molar-refractivity contribution >= 4 is 22.7 Å². The van der Waals surface area contributed by atoms with E-state index in [1.807, 2.05) is 32.0 Å². The highest BCUT2D eigenvalue weighted by Gasteiger charge is 2.32. The highest BCUT2D eigenvalue weighted by Crippen LogP contribution is 2.43. The highest BCUT2D eigenvalue weighted by molar-refractivity contribution is 5.98. The van der Waals surface area contributed by atoms with Crippen molar-refractivity contribution in [1.82, 2.24) is 24.6 Å². The molecule has 0 aromatic carbocycles. The van der Waals surface area contributed by atoms with Gasteiger partial charge in [0.2, 0.25) is 5.88 Å². The molecule has 3 aromatic rings. The van der Waals surface area contributed by atoms with Gasteiger partial charge in [-0.2, -0.15) is 14.8 Å². The van der Waals surface area contributed by atoms with Gasteiger partial charge in [-0.25, -0.2) is 9.78 Å². The molecule has 0 radical (unpaired) electrons. The van der Waals surface area contributed by atoms with E-state index in [0.29, 0.717) is 29.3 Å². The quantitative estimate of drug-likeness (QED) is 0.497. The van der Waals surface area contributed by atoms with Gasteiger partial charge in [-0.05, 0) is 51.7 Å². The molecular weight excluding hydrogens is 484 g/mol. The minimum Gasteiger partial charge on any atom is -0.477 e. The second-order valence-electron chi connectivity index (χ2n) is 10.8. The van der Waals surface area contributed by atoms with E-state index in [2.05, 4.69) is 19.8 Å². The van der Waals surface area contributed by atoms with E-state index in [-0.39, 0.29) is 11.8 Å². The minimum absolute atomic E-state index is 0.0126. The van der Waals surface area contributed by atoms with Gasteiger partial charge in [-0.1, -0.05) is 12.5 Å². The smallest absolute Gasteiger partial charge is 0.354 e. The summed E-state index contributed by atoms with van der Waals surface area (Å²) >= 11 is 0. The summed E-state index contributed by atoms with van der Waals surface area (Å²) in [6, 6.07) is 7.86. The molecule has 0 amide bonds. The van der Waals surface area contributed by atoms with Crippen LogP contribution >= 0.6 is 0 Å². The average Bonchev–Trinajstić information content (AvgIpc) is 3.26. The summed E-state index contributed by atoms with van der Waals surface area (Å²) in [6.45, 7) is 9.22. The molecule has 0 spiro atoms. The number of hydrogen-bond acceptors (Lipinski definition) is 8. The number of hydrogen-bond donors (Lipinski definition) is 1. The third-order valence-electron chi connectivity index (χ3n) is 8.00. The summed E-state index contributed by atoms with van der Waals surface area (Å²) in [6.07, 6.45) is 5.40. The van der Waals surface area contributed by atoms with Crippen LogP contribution < -0.4 is 9.64 Å². The molecule has 1 N–H and O–H groups in total. The summed E-state index contributed by atoms with van der Waals surface area (Å²) in [5.41, 5.74) is 2.50. The van der Waals surface area contributed by atoms with Crippen molar-refractivity contribution in [2.45, 2.75) is 64.0 Å². The Labute approximate surface area is 222 Å². The number of rotatable bonds is 7. The van der Waals surface area contributed by atoms with Crippen molar-refractivity contribution in [1.29, 1.82) is 0 Å². The van der Waals surface area contributed by atoms with Gasteiger partial charge in [0, 0.05) is 44.2 Å². The Kier molecular flexibility index (Phi) is 6.92. The summed E-state index contributed by atoms with van der Waals surface area (Å²) in [5.74, 6) is 0.381. The number of aromatic nitrogens is 4. The van der Waals surface area contributed by atoms with Crippen molar-refractivity contribution in [3.63, 3.8) is 0 Å². The molecule has 6 rings (SSSR count). The maximum Gasteiger partial charge on any atom is 0.354 e. The maximum absolute atomic E-state index is 12.2. The van der Waals surface area contributed by atoms with Gasteiger partial charge in [0.25, 0.3) is 0 Å². The van der Waals surface area contributed by atoms with Gasteiger partial charge in [-0.3, -0.25) is 4.90 Å². The number of nitrogens with zero attached hydrogens (tertiary/aromatic N) is 6. The molecule has 10 heteroatoms. The molecule has 0 bridgehead atoms. The molecule has 2 aliphatic heterocycles. The number of morpholine rings is 1. The molecule has 0 unspecified atom stereocenters. The van der Waals surface area contributed by atoms with Gasteiger partial charge in [0.1, 0.15) is 0 Å². The Morgan fingerprint density at radius 1 is 1.08 bits per heavy atom. The number of piperidine rings is 1. The standard InChI is InChI=1S/C28H36N6O4/c1-18(2)38-24-8-4-7-23(30-24)34-27-25(26(31-34)19-5-3-6-19)22(17-21(29-27)28(35)36)33-11-9-20(10-12-33)32-13-15-37-16-14-32/h4,7-8,17-20H,3,5-6,9-16H2,1-2H3,(H,35,36). The number of carboxylic acid groups (broad SMARTS) is 1. The maximum atomic E-state index is 12.2. The van der Waals surface area contributed by atoms with Crippen molar-refractivity contribution < 1.29 is 19.4 Å². The second-order valence-corrected chi connectivity index (χ2v) is 10.8. The zero-order valence-electron chi connectivity index (χ0n) is 22.2. The molecule has 5 heterocycles. The lowest BCUT2D eigenvalue weighted by Crippen LogP contribution is -2.49. The predicted molar refractivity (Wildman–Crippen MR) is 144 cm³/mol. The monoisotopic (exact) mass is 520 g/mol. The van der Waals surface area contributed by atoms with Gasteiger partial charge >= 0.3 is 5.97 Å². The van der Waals surface area contributed by atoms with Crippen LogP contribution in [0.25, 0.3) is 16.9 Å². The van der Waals surface area contributed by atoms with Gasteiger partial charge in [0.15, 0.2) is 17.2 Å². The van der Waals surface area contributed by atoms with Crippen LogP contribution in [0, 0.1) is 0 Å². The van der Waals surface area contributed by atoms with Crippen LogP contribution in [0.3, 0.4) is 0 Å². The van der Waals surface area contributed by atoms with Crippen LogP contribution in [-0.4, -0.2) is 87.3 Å². The predicted octanol–water partition coefficient (Wildman–Crippen LogP) is 3.87. The van der Waals surface area contributed by atoms with E-state index in [1.54, 1.807) is 10.7 Å². The first-order chi connectivity index (χ1) is 18.5. The molecule has 0 atom stereocenters. The Morgan fingerprint density at radius 2 is 1.84 bits per heavy atom. The average molecular weight is 521 g/mol. The fraction of sp³-hybridized carbons (Fsp3) is 0.571. The van der Waals surface area contributed by atoms with E-state index in [0.717, 1.165) is 81.8 Å². The molecule has 1 aliphatic carbocycles. The Balaban J connectivity index is 1.42. The minimum atomic E-state index is -1.04. The Bertz CT molecular complexity index is 1310. The van der Waals surface area contributed by atoms with E-state index >= 15 is 0 Å². The normalized spacial score (nSPS) is 19.7. The first-order valence-corrected chi connectivity index (χ1v) is 13.9. The van der Waals surface area contributed by atoms with Gasteiger partial charge in [-0.15, -0.1) is 0 Å². The van der Waals surface area contributed by atoms with Crippen LogP contribution in [0.4, 0.5) is 5.69 Å². The van der Waals surface area contributed by atoms with Crippen LogP contribution in [0.5, 0.6) is 5.88 Å². The third-order valence-corrected chi connectivity index (χ3v) is 8.00. The van der Waals surface area contributed by atoms with Crippen molar-refractivity contribution in [3.05, 3.63) is 35.7 Å². The summed E-state index contributed by atoms with van der Waals surface area (Å²) < 4.78 is 13.1. The molecule has 3 fully saturated rings. The topological polar surface area (TPSA) is 106 Å². The fourth-order valence-corrected chi connectivity index (χ4v) is 5.85. The number of ether oxygens (including phenoxy) is 2. The zero-order valence-corrected chi connectivity index (χ0v) is 22.2. The van der Waals surface area contributed by atoms with Gasteiger partial charge in [0.05, 0.1) is 36.1 Å². The van der Waals surface area contributed by atoms with E-state index < -0.39 is 5.97 Å². The summed E-state index contributed by atoms with van der Waals surface area (Å²) in [4.78, 5) is 26.4. The lowest BCUT2D eigenvalue weighted by Gasteiger charge is -2.41.